The van der Waals surface area contributed by atoms with Crippen LogP contribution in [0.1, 0.15) is 128 Å². The lowest BCUT2D eigenvalue weighted by Crippen LogP contribution is -2.07. The number of rotatable bonds is 20. The molecule has 0 radical (unpaired) electrons. The average Bonchev–Trinajstić information content (AvgIpc) is 3.76. The van der Waals surface area contributed by atoms with Crippen molar-refractivity contribution in [2.45, 2.75) is 117 Å². The number of hydrogen-bond acceptors (Lipinski definition) is 8. The zero-order chi connectivity index (χ0) is 32.4. The van der Waals surface area contributed by atoms with Crippen molar-refractivity contribution in [3.05, 3.63) is 78.9 Å². The van der Waals surface area contributed by atoms with Gasteiger partial charge in [0.1, 0.15) is 11.5 Å². The molecule has 0 bridgehead atoms. The fraction of sp³-hybridized carbons (Fsp3) is 0.474. The van der Waals surface area contributed by atoms with Gasteiger partial charge in [-0.15, -0.1) is 0 Å². The van der Waals surface area contributed by atoms with Crippen LogP contribution in [0.25, 0.3) is 9.81 Å². The van der Waals surface area contributed by atoms with Crippen LogP contribution in [0, 0.1) is 0 Å². The van der Waals surface area contributed by atoms with Crippen molar-refractivity contribution < 1.29 is 19.1 Å². The Labute approximate surface area is 293 Å². The number of thioether (sulfide) groups is 4. The molecule has 2 heterocycles. The van der Waals surface area contributed by atoms with Crippen LogP contribution in [-0.4, -0.2) is 11.9 Å². The van der Waals surface area contributed by atoms with Gasteiger partial charge in [0, 0.05) is 22.7 Å². The van der Waals surface area contributed by atoms with Gasteiger partial charge < -0.3 is 9.47 Å². The lowest BCUT2D eigenvalue weighted by molar-refractivity contribution is -0.135. The Kier molecular flexibility index (Phi) is 16.9. The van der Waals surface area contributed by atoms with Crippen molar-refractivity contribution >= 4 is 68.8 Å². The van der Waals surface area contributed by atoms with Crippen LogP contribution in [0.15, 0.2) is 67.8 Å². The first kappa shape index (κ1) is 36.8. The number of carbonyl (C=O) groups excluding carboxylic acids is 2. The molecule has 0 unspecified atom stereocenters. The van der Waals surface area contributed by atoms with E-state index >= 15 is 0 Å². The van der Waals surface area contributed by atoms with Crippen LogP contribution in [-0.2, 0) is 9.59 Å². The first-order valence-corrected chi connectivity index (χ1v) is 20.4. The second-order valence-electron chi connectivity index (χ2n) is 11.7. The number of hydrogen-bond donors (Lipinski definition) is 0. The van der Waals surface area contributed by atoms with Gasteiger partial charge in [-0.3, -0.25) is 9.59 Å². The highest BCUT2D eigenvalue weighted by Gasteiger charge is 2.23. The summed E-state index contributed by atoms with van der Waals surface area (Å²) in [6.45, 7) is 4.45. The second-order valence-corrected chi connectivity index (χ2v) is 16.1. The summed E-state index contributed by atoms with van der Waals surface area (Å²) in [6, 6.07) is 15.7. The summed E-state index contributed by atoms with van der Waals surface area (Å²) in [7, 11) is 0. The molecule has 0 spiro atoms. The van der Waals surface area contributed by atoms with E-state index in [9.17, 15) is 9.59 Å². The van der Waals surface area contributed by atoms with E-state index in [0.717, 1.165) is 36.8 Å². The third kappa shape index (κ3) is 12.9. The Morgan fingerprint density at radius 1 is 0.500 bits per heavy atom. The maximum absolute atomic E-state index is 12.3. The van der Waals surface area contributed by atoms with Gasteiger partial charge in [0.2, 0.25) is 0 Å². The maximum atomic E-state index is 12.3. The molecule has 0 N–H and O–H groups in total. The Morgan fingerprint density at radius 3 is 1.22 bits per heavy atom. The quantitative estimate of drug-likeness (QED) is 0.0770. The number of esters is 2. The zero-order valence-electron chi connectivity index (χ0n) is 27.4. The van der Waals surface area contributed by atoms with E-state index in [0.29, 0.717) is 24.3 Å². The first-order chi connectivity index (χ1) is 22.6. The summed E-state index contributed by atoms with van der Waals surface area (Å²) >= 11 is 7.08. The van der Waals surface area contributed by atoms with Crippen LogP contribution < -0.4 is 9.47 Å². The van der Waals surface area contributed by atoms with Gasteiger partial charge in [-0.05, 0) is 59.1 Å². The molecule has 0 atom stereocenters. The van der Waals surface area contributed by atoms with Gasteiger partial charge in [-0.25, -0.2) is 0 Å². The lowest BCUT2D eigenvalue weighted by Gasteiger charge is -2.08. The van der Waals surface area contributed by atoms with Crippen LogP contribution in [0.3, 0.4) is 0 Å². The largest absolute Gasteiger partial charge is 0.427 e. The van der Waals surface area contributed by atoms with Crippen molar-refractivity contribution in [3.8, 4) is 11.5 Å². The van der Waals surface area contributed by atoms with E-state index in [1.165, 1.54) is 82.5 Å². The van der Waals surface area contributed by atoms with Gasteiger partial charge in [0.25, 0.3) is 0 Å². The first-order valence-electron chi connectivity index (χ1n) is 17.0. The molecule has 0 saturated heterocycles. The normalized spacial score (nSPS) is 16.0. The van der Waals surface area contributed by atoms with E-state index in [1.807, 2.05) is 48.5 Å². The Bertz CT molecular complexity index is 1240. The summed E-state index contributed by atoms with van der Waals surface area (Å²) in [4.78, 5) is 26.9. The van der Waals surface area contributed by atoms with Crippen LogP contribution in [0.5, 0.6) is 11.5 Å². The molecule has 46 heavy (non-hydrogen) atoms. The minimum Gasteiger partial charge on any atom is -0.427 e. The summed E-state index contributed by atoms with van der Waals surface area (Å²) in [5.74, 6) is 0.921. The highest BCUT2D eigenvalue weighted by molar-refractivity contribution is 8.36. The molecule has 2 aliphatic heterocycles. The number of unbranched alkanes of at least 4 members (excludes halogenated alkanes) is 12. The predicted octanol–water partition coefficient (Wildman–Crippen LogP) is 13.2. The standard InChI is InChI=1S/C38H48O4S4/c1-3-5-7-9-11-13-15-17-35(39)41-31-23-19-29(20-24-31)33-27-43-37(45-33)38-44-28-34(46-38)30-21-25-32(26-22-30)42-36(40)18-16-14-12-10-8-6-4-2/h19-28H,3-18H2,1-2H3/b38-37+. The second kappa shape index (κ2) is 21.1. The summed E-state index contributed by atoms with van der Waals surface area (Å²) in [6.07, 6.45) is 17.6. The van der Waals surface area contributed by atoms with Crippen molar-refractivity contribution in [1.82, 2.24) is 0 Å². The summed E-state index contributed by atoms with van der Waals surface area (Å²) in [5.41, 5.74) is 2.25. The molecule has 0 amide bonds. The molecule has 8 heteroatoms. The predicted molar refractivity (Wildman–Crippen MR) is 203 cm³/mol. The van der Waals surface area contributed by atoms with E-state index < -0.39 is 0 Å². The van der Waals surface area contributed by atoms with E-state index in [-0.39, 0.29) is 11.9 Å². The highest BCUT2D eigenvalue weighted by atomic mass is 32.2. The third-order valence-electron chi connectivity index (χ3n) is 7.83. The molecular formula is C38H48O4S4. The molecule has 0 aromatic heterocycles. The van der Waals surface area contributed by atoms with Crippen molar-refractivity contribution in [2.75, 3.05) is 0 Å². The van der Waals surface area contributed by atoms with E-state index in [2.05, 4.69) is 24.7 Å². The molecule has 4 nitrogen and oxygen atoms in total. The molecule has 2 aromatic carbocycles. The smallest absolute Gasteiger partial charge is 0.311 e. The fourth-order valence-electron chi connectivity index (χ4n) is 5.14. The molecule has 4 rings (SSSR count). The van der Waals surface area contributed by atoms with Gasteiger partial charge in [0.15, 0.2) is 0 Å². The van der Waals surface area contributed by atoms with Gasteiger partial charge in [0.05, 0.1) is 8.47 Å². The van der Waals surface area contributed by atoms with Crippen LogP contribution in [0.2, 0.25) is 0 Å². The third-order valence-corrected chi connectivity index (χ3v) is 13.2. The minimum absolute atomic E-state index is 0.147. The highest BCUT2D eigenvalue weighted by Crippen LogP contribution is 2.58. The van der Waals surface area contributed by atoms with Crippen molar-refractivity contribution in [2.24, 2.45) is 0 Å². The summed E-state index contributed by atoms with van der Waals surface area (Å²) < 4.78 is 13.7. The number of ether oxygens (including phenoxy) is 2. The fourth-order valence-corrected chi connectivity index (χ4v) is 10.1. The molecular weight excluding hydrogens is 649 g/mol. The van der Waals surface area contributed by atoms with Gasteiger partial charge in [-0.1, -0.05) is 162 Å². The summed E-state index contributed by atoms with van der Waals surface area (Å²) in [5, 5.41) is 4.40. The Morgan fingerprint density at radius 2 is 0.848 bits per heavy atom. The topological polar surface area (TPSA) is 52.6 Å². The number of carbonyl (C=O) groups is 2. The molecule has 0 saturated carbocycles. The van der Waals surface area contributed by atoms with Crippen molar-refractivity contribution in [1.29, 1.82) is 0 Å². The monoisotopic (exact) mass is 696 g/mol. The van der Waals surface area contributed by atoms with E-state index in [4.69, 9.17) is 9.47 Å². The minimum atomic E-state index is -0.147. The molecule has 0 fully saturated rings. The van der Waals surface area contributed by atoms with Gasteiger partial charge in [-0.2, -0.15) is 0 Å². The average molecular weight is 697 g/mol. The molecule has 2 aromatic rings. The maximum Gasteiger partial charge on any atom is 0.311 e. The molecule has 2 aliphatic rings. The van der Waals surface area contributed by atoms with Crippen LogP contribution in [0.4, 0.5) is 0 Å². The Balaban J connectivity index is 1.16. The van der Waals surface area contributed by atoms with Gasteiger partial charge >= 0.3 is 11.9 Å². The van der Waals surface area contributed by atoms with Crippen molar-refractivity contribution in [3.63, 3.8) is 0 Å². The lowest BCUT2D eigenvalue weighted by atomic mass is 10.1. The van der Waals surface area contributed by atoms with Crippen LogP contribution >= 0.6 is 47.0 Å². The number of benzene rings is 2. The molecule has 248 valence electrons. The molecule has 0 aliphatic carbocycles. The zero-order valence-corrected chi connectivity index (χ0v) is 30.6. The van der Waals surface area contributed by atoms with E-state index in [1.54, 1.807) is 47.0 Å². The SMILES string of the molecule is CCCCCCCCCC(=O)Oc1ccc(C2=CS/C(=C3/SC=C(c4ccc(OC(=O)CCCCCCCCC)cc4)S3)S2)cc1. The Hall–Kier alpha value is -2.00.